The van der Waals surface area contributed by atoms with E-state index in [1.54, 1.807) is 12.4 Å². The van der Waals surface area contributed by atoms with Crippen molar-refractivity contribution in [1.82, 2.24) is 9.97 Å². The summed E-state index contributed by atoms with van der Waals surface area (Å²) in [6.45, 7) is 5.96. The van der Waals surface area contributed by atoms with E-state index in [9.17, 15) is 4.79 Å². The Kier molecular flexibility index (Phi) is 3.51. The van der Waals surface area contributed by atoms with Gasteiger partial charge in [0.25, 0.3) is 0 Å². The molecule has 1 aromatic heterocycles. The Hall–Kier alpha value is -2.03. The van der Waals surface area contributed by atoms with Gasteiger partial charge in [0.1, 0.15) is 0 Å². The minimum absolute atomic E-state index is 0.0417. The van der Waals surface area contributed by atoms with Gasteiger partial charge in [-0.1, -0.05) is 29.3 Å². The van der Waals surface area contributed by atoms with Gasteiger partial charge >= 0.3 is 0 Å². The van der Waals surface area contributed by atoms with E-state index in [0.29, 0.717) is 12.2 Å². The highest BCUT2D eigenvalue weighted by Gasteiger charge is 2.10. The number of Topliss-reactive ketones (excluding diaryl/α,β-unsaturated/α-hetero) is 1. The topological polar surface area (TPSA) is 42.9 Å². The molecular formula is C15H16N2O. The van der Waals surface area contributed by atoms with E-state index in [-0.39, 0.29) is 5.78 Å². The minimum atomic E-state index is -0.0417. The lowest BCUT2D eigenvalue weighted by Gasteiger charge is -2.04. The third-order valence-electron chi connectivity index (χ3n) is 2.68. The molecule has 0 saturated heterocycles. The Balaban J connectivity index is 2.18. The van der Waals surface area contributed by atoms with Crippen LogP contribution in [0.3, 0.4) is 0 Å². The van der Waals surface area contributed by atoms with Gasteiger partial charge in [0.15, 0.2) is 5.82 Å². The molecule has 0 aliphatic heterocycles. The fourth-order valence-corrected chi connectivity index (χ4v) is 1.97. The first-order valence-corrected chi connectivity index (χ1v) is 5.93. The van der Waals surface area contributed by atoms with Gasteiger partial charge in [-0.25, -0.2) is 9.97 Å². The van der Waals surface area contributed by atoms with Crippen LogP contribution in [0.5, 0.6) is 0 Å². The van der Waals surface area contributed by atoms with Gasteiger partial charge in [0.2, 0.25) is 5.78 Å². The van der Waals surface area contributed by atoms with Gasteiger partial charge in [-0.2, -0.15) is 0 Å². The molecule has 0 atom stereocenters. The highest BCUT2D eigenvalue weighted by molar-refractivity contribution is 5.94. The number of hydrogen-bond acceptors (Lipinski definition) is 3. The maximum absolute atomic E-state index is 12.0. The number of aromatic nitrogens is 2. The molecule has 0 aliphatic rings. The van der Waals surface area contributed by atoms with Crippen LogP contribution in [0.4, 0.5) is 0 Å². The Morgan fingerprint density at radius 1 is 0.944 bits per heavy atom. The molecule has 3 nitrogen and oxygen atoms in total. The summed E-state index contributed by atoms with van der Waals surface area (Å²) in [7, 11) is 0. The van der Waals surface area contributed by atoms with Crippen molar-refractivity contribution in [2.75, 3.05) is 0 Å². The summed E-state index contributed by atoms with van der Waals surface area (Å²) in [5.74, 6) is 0.250. The van der Waals surface area contributed by atoms with Crippen molar-refractivity contribution in [3.05, 3.63) is 58.7 Å². The normalized spacial score (nSPS) is 10.4. The molecule has 0 aliphatic carbocycles. The molecule has 3 heteroatoms. The van der Waals surface area contributed by atoms with Gasteiger partial charge in [-0.15, -0.1) is 0 Å². The van der Waals surface area contributed by atoms with Crippen molar-refractivity contribution in [2.24, 2.45) is 0 Å². The van der Waals surface area contributed by atoms with E-state index in [1.165, 1.54) is 11.1 Å². The van der Waals surface area contributed by atoms with Crippen LogP contribution in [0.1, 0.15) is 32.9 Å². The highest BCUT2D eigenvalue weighted by Crippen LogP contribution is 2.11. The molecule has 0 fully saturated rings. The van der Waals surface area contributed by atoms with E-state index in [4.69, 9.17) is 0 Å². The lowest BCUT2D eigenvalue weighted by molar-refractivity contribution is 0.0983. The van der Waals surface area contributed by atoms with E-state index < -0.39 is 0 Å². The number of nitrogens with zero attached hydrogens (tertiary/aromatic N) is 2. The summed E-state index contributed by atoms with van der Waals surface area (Å²) in [4.78, 5) is 20.1. The Morgan fingerprint density at radius 2 is 1.50 bits per heavy atom. The fourth-order valence-electron chi connectivity index (χ4n) is 1.97. The van der Waals surface area contributed by atoms with Crippen molar-refractivity contribution < 1.29 is 4.79 Å². The Morgan fingerprint density at radius 3 is 2.06 bits per heavy atom. The van der Waals surface area contributed by atoms with Gasteiger partial charge in [0, 0.05) is 18.8 Å². The summed E-state index contributed by atoms with van der Waals surface area (Å²) >= 11 is 0. The zero-order valence-electron chi connectivity index (χ0n) is 10.9. The molecular weight excluding hydrogens is 224 g/mol. The number of ketones is 1. The maximum atomic E-state index is 12.0. The average molecular weight is 240 g/mol. The van der Waals surface area contributed by atoms with Crippen LogP contribution in [0, 0.1) is 20.8 Å². The molecule has 2 aromatic rings. The number of hydrogen-bond donors (Lipinski definition) is 0. The number of rotatable bonds is 3. The minimum Gasteiger partial charge on any atom is -0.290 e. The van der Waals surface area contributed by atoms with Crippen LogP contribution in [0.15, 0.2) is 30.6 Å². The molecule has 92 valence electrons. The number of aryl methyl sites for hydroxylation is 3. The molecule has 0 spiro atoms. The molecule has 0 bridgehead atoms. The Labute approximate surface area is 107 Å². The molecule has 1 aromatic carbocycles. The van der Waals surface area contributed by atoms with Crippen LogP contribution < -0.4 is 0 Å². The number of carbonyl (C=O) groups is 1. The van der Waals surface area contributed by atoms with Crippen molar-refractivity contribution in [2.45, 2.75) is 27.2 Å². The molecule has 0 N–H and O–H groups in total. The first-order valence-electron chi connectivity index (χ1n) is 5.93. The summed E-state index contributed by atoms with van der Waals surface area (Å²) in [5.41, 5.74) is 4.31. The van der Waals surface area contributed by atoms with Gasteiger partial charge in [0.05, 0.1) is 0 Å². The van der Waals surface area contributed by atoms with Crippen LogP contribution >= 0.6 is 0 Å². The number of carbonyl (C=O) groups excluding carboxylic acids is 1. The van der Waals surface area contributed by atoms with Gasteiger partial charge in [-0.3, -0.25) is 4.79 Å². The first-order chi connectivity index (χ1) is 8.54. The third kappa shape index (κ3) is 3.00. The van der Waals surface area contributed by atoms with Crippen molar-refractivity contribution in [1.29, 1.82) is 0 Å². The van der Waals surface area contributed by atoms with Crippen LogP contribution in [-0.2, 0) is 6.42 Å². The smallest absolute Gasteiger partial charge is 0.204 e. The lowest BCUT2D eigenvalue weighted by Crippen LogP contribution is -2.08. The standard InChI is InChI=1S/C15H16N2O/c1-10-4-11(2)6-13(5-10)7-14(18)15-16-8-12(3)9-17-15/h4-6,8-9H,7H2,1-3H3. The molecule has 18 heavy (non-hydrogen) atoms. The number of benzene rings is 1. The zero-order valence-corrected chi connectivity index (χ0v) is 10.9. The summed E-state index contributed by atoms with van der Waals surface area (Å²) < 4.78 is 0. The fraction of sp³-hybridized carbons (Fsp3) is 0.267. The first kappa shape index (κ1) is 12.4. The monoisotopic (exact) mass is 240 g/mol. The van der Waals surface area contributed by atoms with E-state index >= 15 is 0 Å². The maximum Gasteiger partial charge on any atom is 0.204 e. The lowest BCUT2D eigenvalue weighted by atomic mass is 10.0. The van der Waals surface area contributed by atoms with Gasteiger partial charge < -0.3 is 0 Å². The summed E-state index contributed by atoms with van der Waals surface area (Å²) in [6, 6.07) is 6.15. The summed E-state index contributed by atoms with van der Waals surface area (Å²) in [6.07, 6.45) is 3.69. The Bertz CT molecular complexity index is 553. The molecule has 0 amide bonds. The van der Waals surface area contributed by atoms with E-state index in [2.05, 4.69) is 16.0 Å². The van der Waals surface area contributed by atoms with Crippen molar-refractivity contribution in [3.63, 3.8) is 0 Å². The molecule has 0 radical (unpaired) electrons. The van der Waals surface area contributed by atoms with Crippen molar-refractivity contribution in [3.8, 4) is 0 Å². The van der Waals surface area contributed by atoms with Crippen LogP contribution in [0.2, 0.25) is 0 Å². The predicted molar refractivity (Wildman–Crippen MR) is 70.7 cm³/mol. The molecule has 1 heterocycles. The average Bonchev–Trinajstić information content (AvgIpc) is 2.28. The molecule has 0 unspecified atom stereocenters. The predicted octanol–water partition coefficient (Wildman–Crippen LogP) is 2.83. The van der Waals surface area contributed by atoms with E-state index in [0.717, 1.165) is 11.1 Å². The molecule has 2 rings (SSSR count). The second-order valence-corrected chi connectivity index (χ2v) is 4.68. The quantitative estimate of drug-likeness (QED) is 0.775. The third-order valence-corrected chi connectivity index (χ3v) is 2.68. The van der Waals surface area contributed by atoms with Crippen molar-refractivity contribution >= 4 is 5.78 Å². The van der Waals surface area contributed by atoms with E-state index in [1.807, 2.05) is 32.9 Å². The SMILES string of the molecule is Cc1cnc(C(=O)Cc2cc(C)cc(C)c2)nc1. The second-order valence-electron chi connectivity index (χ2n) is 4.68. The van der Waals surface area contributed by atoms with Crippen LogP contribution in [0.25, 0.3) is 0 Å². The van der Waals surface area contributed by atoms with Gasteiger partial charge in [-0.05, 0) is 31.9 Å². The largest absolute Gasteiger partial charge is 0.290 e. The second kappa shape index (κ2) is 5.08. The summed E-state index contributed by atoms with van der Waals surface area (Å²) in [5, 5.41) is 0. The zero-order chi connectivity index (χ0) is 13.1. The van der Waals surface area contributed by atoms with Crippen LogP contribution in [-0.4, -0.2) is 15.8 Å². The highest BCUT2D eigenvalue weighted by atomic mass is 16.1. The molecule has 0 saturated carbocycles.